The van der Waals surface area contributed by atoms with Crippen LogP contribution in [0.5, 0.6) is 0 Å². The predicted molar refractivity (Wildman–Crippen MR) is 109 cm³/mol. The third-order valence-electron chi connectivity index (χ3n) is 4.20. The molecule has 29 heavy (non-hydrogen) atoms. The summed E-state index contributed by atoms with van der Waals surface area (Å²) in [5, 5.41) is 16.9. The van der Waals surface area contributed by atoms with Crippen molar-refractivity contribution in [1.29, 1.82) is 0 Å². The Kier molecular flexibility index (Phi) is 5.81. The van der Waals surface area contributed by atoms with Gasteiger partial charge in [0.2, 0.25) is 0 Å². The van der Waals surface area contributed by atoms with Crippen LogP contribution < -0.4 is 10.9 Å². The Hall–Kier alpha value is -3.03. The number of aromatic nitrogens is 2. The SMILES string of the molecule is CC(C)(CO)NC(=O)c1cc(-c2ccc(Cl)cc2)nn(-c2cccc(F)c2)c1=O. The van der Waals surface area contributed by atoms with Crippen LogP contribution >= 0.6 is 11.6 Å². The average molecular weight is 416 g/mol. The van der Waals surface area contributed by atoms with Gasteiger partial charge in [0, 0.05) is 10.6 Å². The molecule has 8 heteroatoms. The number of benzene rings is 2. The zero-order valence-corrected chi connectivity index (χ0v) is 16.6. The van der Waals surface area contributed by atoms with Gasteiger partial charge >= 0.3 is 0 Å². The Balaban J connectivity index is 2.20. The summed E-state index contributed by atoms with van der Waals surface area (Å²) in [5.74, 6) is -1.21. The van der Waals surface area contributed by atoms with E-state index in [-0.39, 0.29) is 17.9 Å². The molecule has 0 saturated carbocycles. The first kappa shape index (κ1) is 20.7. The van der Waals surface area contributed by atoms with Gasteiger partial charge < -0.3 is 10.4 Å². The van der Waals surface area contributed by atoms with Crippen molar-refractivity contribution in [2.75, 3.05) is 6.61 Å². The van der Waals surface area contributed by atoms with Crippen LogP contribution in [0.25, 0.3) is 16.9 Å². The highest BCUT2D eigenvalue weighted by molar-refractivity contribution is 6.30. The van der Waals surface area contributed by atoms with Crippen LogP contribution in [0.1, 0.15) is 24.2 Å². The summed E-state index contributed by atoms with van der Waals surface area (Å²) in [6.45, 7) is 2.93. The smallest absolute Gasteiger partial charge is 0.284 e. The van der Waals surface area contributed by atoms with Crippen LogP contribution in [-0.2, 0) is 0 Å². The normalized spacial score (nSPS) is 11.3. The van der Waals surface area contributed by atoms with Crippen LogP contribution in [0.15, 0.2) is 59.4 Å². The lowest BCUT2D eigenvalue weighted by atomic mass is 10.1. The minimum atomic E-state index is -0.934. The van der Waals surface area contributed by atoms with E-state index < -0.39 is 22.8 Å². The van der Waals surface area contributed by atoms with Gasteiger partial charge in [0.15, 0.2) is 0 Å². The van der Waals surface area contributed by atoms with Crippen molar-refractivity contribution in [3.63, 3.8) is 0 Å². The van der Waals surface area contributed by atoms with Gasteiger partial charge in [0.05, 0.1) is 23.5 Å². The van der Waals surface area contributed by atoms with Gasteiger partial charge in [-0.05, 0) is 50.2 Å². The molecule has 1 aromatic heterocycles. The van der Waals surface area contributed by atoms with Crippen LogP contribution in [-0.4, -0.2) is 32.9 Å². The minimum Gasteiger partial charge on any atom is -0.394 e. The number of aliphatic hydroxyl groups excluding tert-OH is 1. The van der Waals surface area contributed by atoms with Gasteiger partial charge in [-0.1, -0.05) is 29.8 Å². The van der Waals surface area contributed by atoms with E-state index in [0.717, 1.165) is 10.7 Å². The van der Waals surface area contributed by atoms with E-state index >= 15 is 0 Å². The van der Waals surface area contributed by atoms with Gasteiger partial charge in [0.1, 0.15) is 11.4 Å². The minimum absolute atomic E-state index is 0.182. The molecule has 6 nitrogen and oxygen atoms in total. The molecule has 0 atom stereocenters. The number of hydrogen-bond donors (Lipinski definition) is 2. The topological polar surface area (TPSA) is 84.2 Å². The van der Waals surface area contributed by atoms with E-state index in [1.807, 2.05) is 0 Å². The largest absolute Gasteiger partial charge is 0.394 e. The molecule has 0 aliphatic rings. The number of carbonyl (C=O) groups excluding carboxylic acids is 1. The summed E-state index contributed by atoms with van der Waals surface area (Å²) in [5.41, 5.74) is -0.694. The second-order valence-electron chi connectivity index (χ2n) is 7.14. The monoisotopic (exact) mass is 415 g/mol. The van der Waals surface area contributed by atoms with Crippen LogP contribution in [0.2, 0.25) is 5.02 Å². The number of nitrogens with zero attached hydrogens (tertiary/aromatic N) is 2. The maximum Gasteiger partial charge on any atom is 0.284 e. The Morgan fingerprint density at radius 3 is 2.52 bits per heavy atom. The lowest BCUT2D eigenvalue weighted by Gasteiger charge is -2.23. The molecular formula is C21H19ClFN3O3. The molecule has 0 bridgehead atoms. The molecule has 2 N–H and O–H groups in total. The van der Waals surface area contributed by atoms with Crippen molar-refractivity contribution < 1.29 is 14.3 Å². The van der Waals surface area contributed by atoms with Crippen molar-refractivity contribution in [3.8, 4) is 16.9 Å². The van der Waals surface area contributed by atoms with Gasteiger partial charge in [-0.15, -0.1) is 0 Å². The summed E-state index contributed by atoms with van der Waals surface area (Å²) in [6, 6.07) is 13.4. The van der Waals surface area contributed by atoms with Gasteiger partial charge in [-0.25, -0.2) is 4.39 Å². The molecule has 3 rings (SSSR count). The van der Waals surface area contributed by atoms with E-state index in [0.29, 0.717) is 16.3 Å². The van der Waals surface area contributed by atoms with Crippen LogP contribution in [0, 0.1) is 5.82 Å². The summed E-state index contributed by atoms with van der Waals surface area (Å²) in [4.78, 5) is 25.7. The summed E-state index contributed by atoms with van der Waals surface area (Å²) in [6.07, 6.45) is 0. The van der Waals surface area contributed by atoms with Crippen molar-refractivity contribution in [2.24, 2.45) is 0 Å². The van der Waals surface area contributed by atoms with E-state index in [9.17, 15) is 19.1 Å². The van der Waals surface area contributed by atoms with Crippen molar-refractivity contribution >= 4 is 17.5 Å². The van der Waals surface area contributed by atoms with Crippen molar-refractivity contribution in [1.82, 2.24) is 15.1 Å². The fraction of sp³-hybridized carbons (Fsp3) is 0.190. The number of halogens is 2. The predicted octanol–water partition coefficient (Wildman–Crippen LogP) is 3.19. The standard InChI is InChI=1S/C21H19ClFN3O3/c1-21(2,12-27)24-19(28)17-11-18(13-6-8-14(22)9-7-13)25-26(20(17)29)16-5-3-4-15(23)10-16/h3-11,27H,12H2,1-2H3,(H,24,28). The number of nitrogens with one attached hydrogen (secondary N) is 1. The zero-order chi connectivity index (χ0) is 21.2. The first-order valence-corrected chi connectivity index (χ1v) is 9.17. The molecule has 0 unspecified atom stereocenters. The van der Waals surface area contributed by atoms with Crippen molar-refractivity contribution in [2.45, 2.75) is 19.4 Å². The highest BCUT2D eigenvalue weighted by Crippen LogP contribution is 2.20. The van der Waals surface area contributed by atoms with Gasteiger partial charge in [0.25, 0.3) is 11.5 Å². The Labute approximate surface area is 171 Å². The number of rotatable bonds is 5. The first-order valence-electron chi connectivity index (χ1n) is 8.80. The number of carbonyl (C=O) groups is 1. The first-order chi connectivity index (χ1) is 13.7. The quantitative estimate of drug-likeness (QED) is 0.670. The molecular weight excluding hydrogens is 397 g/mol. The van der Waals surface area contributed by atoms with Crippen LogP contribution in [0.3, 0.4) is 0 Å². The molecule has 2 aromatic carbocycles. The molecule has 0 aliphatic carbocycles. The fourth-order valence-corrected chi connectivity index (χ4v) is 2.74. The van der Waals surface area contributed by atoms with E-state index in [1.54, 1.807) is 38.1 Å². The second kappa shape index (κ2) is 8.14. The van der Waals surface area contributed by atoms with Gasteiger partial charge in [-0.3, -0.25) is 9.59 Å². The molecule has 0 fully saturated rings. The average Bonchev–Trinajstić information content (AvgIpc) is 2.68. The highest BCUT2D eigenvalue weighted by atomic mass is 35.5. The maximum atomic E-state index is 13.7. The molecule has 1 amide bonds. The lowest BCUT2D eigenvalue weighted by Crippen LogP contribution is -2.48. The summed E-state index contributed by atoms with van der Waals surface area (Å²) < 4.78 is 14.7. The van der Waals surface area contributed by atoms with Crippen molar-refractivity contribution in [3.05, 3.63) is 81.4 Å². The summed E-state index contributed by atoms with van der Waals surface area (Å²) in [7, 11) is 0. The second-order valence-corrected chi connectivity index (χ2v) is 7.58. The van der Waals surface area contributed by atoms with E-state index in [2.05, 4.69) is 10.4 Å². The Bertz CT molecular complexity index is 1110. The number of hydrogen-bond acceptors (Lipinski definition) is 4. The van der Waals surface area contributed by atoms with Gasteiger partial charge in [-0.2, -0.15) is 9.78 Å². The van der Waals surface area contributed by atoms with E-state index in [4.69, 9.17) is 11.6 Å². The highest BCUT2D eigenvalue weighted by Gasteiger charge is 2.24. The molecule has 3 aromatic rings. The maximum absolute atomic E-state index is 13.7. The van der Waals surface area contributed by atoms with Crippen LogP contribution in [0.4, 0.5) is 4.39 Å². The molecule has 1 heterocycles. The third-order valence-corrected chi connectivity index (χ3v) is 4.45. The molecule has 0 radical (unpaired) electrons. The molecule has 0 saturated heterocycles. The fourth-order valence-electron chi connectivity index (χ4n) is 2.62. The number of aliphatic hydroxyl groups is 1. The summed E-state index contributed by atoms with van der Waals surface area (Å²) >= 11 is 5.93. The van der Waals surface area contributed by atoms with E-state index in [1.165, 1.54) is 24.3 Å². The lowest BCUT2D eigenvalue weighted by molar-refractivity contribution is 0.0867. The Morgan fingerprint density at radius 1 is 1.21 bits per heavy atom. The molecule has 150 valence electrons. The molecule has 0 aliphatic heterocycles. The third kappa shape index (κ3) is 4.70. The number of amides is 1. The Morgan fingerprint density at radius 2 is 1.90 bits per heavy atom. The zero-order valence-electron chi connectivity index (χ0n) is 15.8. The molecule has 0 spiro atoms.